The van der Waals surface area contributed by atoms with Crippen molar-refractivity contribution in [3.8, 4) is 5.75 Å². The monoisotopic (exact) mass is 516 g/mol. The Hall–Kier alpha value is -3.42. The summed E-state index contributed by atoms with van der Waals surface area (Å²) >= 11 is 6.63. The van der Waals surface area contributed by atoms with Crippen molar-refractivity contribution in [2.75, 3.05) is 32.5 Å². The first-order valence-electron chi connectivity index (χ1n) is 12.7. The fourth-order valence-corrected chi connectivity index (χ4v) is 5.19. The third-order valence-electron chi connectivity index (χ3n) is 7.10. The van der Waals surface area contributed by atoms with E-state index in [4.69, 9.17) is 27.1 Å². The standard InChI is InChI=1S/C29H33ClN6O/c1-18-6-4-5-7-22(18)28(32-2)26-24(31)10-8-19-17-33-29(35-27(19)26)34-25-11-9-21(16-23(25)30)37-20-12-14-36(3)15-13-20/h4-7,9,11,16-17,20H,8,10,12-15,31H2,1-3H3,(H,33,34,35). The summed E-state index contributed by atoms with van der Waals surface area (Å²) in [6, 6.07) is 13.9. The van der Waals surface area contributed by atoms with Gasteiger partial charge in [0.25, 0.3) is 0 Å². The number of nitrogens with zero attached hydrogens (tertiary/aromatic N) is 4. The van der Waals surface area contributed by atoms with Crippen LogP contribution >= 0.6 is 11.6 Å². The van der Waals surface area contributed by atoms with Crippen LogP contribution in [0.1, 0.15) is 41.6 Å². The van der Waals surface area contributed by atoms with Crippen LogP contribution in [0.5, 0.6) is 5.75 Å². The molecule has 0 unspecified atom stereocenters. The summed E-state index contributed by atoms with van der Waals surface area (Å²) in [6.07, 6.45) is 5.65. The average Bonchev–Trinajstić information content (AvgIpc) is 2.89. The largest absolute Gasteiger partial charge is 0.490 e. The number of aliphatic imine (C=N–C) groups is 1. The number of allylic oxidation sites excluding steroid dienone is 2. The molecule has 192 valence electrons. The number of rotatable bonds is 6. The maximum absolute atomic E-state index is 6.63. The molecular weight excluding hydrogens is 484 g/mol. The Morgan fingerprint density at radius 2 is 1.95 bits per heavy atom. The van der Waals surface area contributed by atoms with Gasteiger partial charge >= 0.3 is 0 Å². The summed E-state index contributed by atoms with van der Waals surface area (Å²) in [6.45, 7) is 4.17. The molecule has 0 amide bonds. The van der Waals surface area contributed by atoms with Crippen molar-refractivity contribution in [3.05, 3.63) is 81.8 Å². The number of aryl methyl sites for hydroxylation is 2. The third kappa shape index (κ3) is 5.48. The molecule has 8 heteroatoms. The van der Waals surface area contributed by atoms with E-state index in [0.29, 0.717) is 11.0 Å². The van der Waals surface area contributed by atoms with Crippen LogP contribution < -0.4 is 15.8 Å². The van der Waals surface area contributed by atoms with E-state index in [1.54, 1.807) is 7.05 Å². The molecule has 0 saturated carbocycles. The Kier molecular flexibility index (Phi) is 7.44. The molecule has 3 aromatic rings. The molecule has 1 saturated heterocycles. The van der Waals surface area contributed by atoms with Crippen molar-refractivity contribution in [2.45, 2.75) is 38.7 Å². The van der Waals surface area contributed by atoms with Gasteiger partial charge in [0.1, 0.15) is 11.9 Å². The van der Waals surface area contributed by atoms with Crippen molar-refractivity contribution in [3.63, 3.8) is 0 Å². The number of anilines is 2. The minimum Gasteiger partial charge on any atom is -0.490 e. The Bertz CT molecular complexity index is 1360. The quantitative estimate of drug-likeness (QED) is 0.427. The number of piperidine rings is 1. The van der Waals surface area contributed by atoms with Crippen molar-refractivity contribution in [1.82, 2.24) is 14.9 Å². The first kappa shape index (κ1) is 25.2. The Balaban J connectivity index is 1.40. The van der Waals surface area contributed by atoms with Crippen LogP contribution in [0.3, 0.4) is 0 Å². The van der Waals surface area contributed by atoms with E-state index < -0.39 is 0 Å². The Morgan fingerprint density at radius 3 is 2.68 bits per heavy atom. The summed E-state index contributed by atoms with van der Waals surface area (Å²) in [5.41, 5.74) is 13.8. The Labute approximate surface area is 223 Å². The zero-order valence-electron chi connectivity index (χ0n) is 21.6. The molecule has 5 rings (SSSR count). The van der Waals surface area contributed by atoms with Gasteiger partial charge in [0.05, 0.1) is 22.1 Å². The van der Waals surface area contributed by atoms with Crippen molar-refractivity contribution < 1.29 is 4.74 Å². The molecule has 0 spiro atoms. The number of fused-ring (bicyclic) bond motifs is 1. The van der Waals surface area contributed by atoms with E-state index in [0.717, 1.165) is 89.6 Å². The maximum Gasteiger partial charge on any atom is 0.227 e. The van der Waals surface area contributed by atoms with E-state index in [9.17, 15) is 0 Å². The highest BCUT2D eigenvalue weighted by atomic mass is 35.5. The second-order valence-corrected chi connectivity index (χ2v) is 10.1. The maximum atomic E-state index is 6.63. The lowest BCUT2D eigenvalue weighted by Gasteiger charge is -2.29. The van der Waals surface area contributed by atoms with E-state index in [-0.39, 0.29) is 6.10 Å². The van der Waals surface area contributed by atoms with Crippen molar-refractivity contribution >= 4 is 34.5 Å². The van der Waals surface area contributed by atoms with Crippen molar-refractivity contribution in [2.24, 2.45) is 10.7 Å². The molecule has 2 heterocycles. The number of likely N-dealkylation sites (tertiary alicyclic amines) is 1. The molecule has 1 aromatic heterocycles. The van der Waals surface area contributed by atoms with Gasteiger partial charge in [0.15, 0.2) is 0 Å². The van der Waals surface area contributed by atoms with Gasteiger partial charge in [-0.15, -0.1) is 0 Å². The highest BCUT2D eigenvalue weighted by Gasteiger charge is 2.26. The molecule has 3 N–H and O–H groups in total. The van der Waals surface area contributed by atoms with Gasteiger partial charge in [0.2, 0.25) is 5.95 Å². The lowest BCUT2D eigenvalue weighted by Crippen LogP contribution is -2.35. The summed E-state index contributed by atoms with van der Waals surface area (Å²) < 4.78 is 6.18. The third-order valence-corrected chi connectivity index (χ3v) is 7.41. The van der Waals surface area contributed by atoms with E-state index in [1.807, 2.05) is 36.5 Å². The lowest BCUT2D eigenvalue weighted by atomic mass is 9.87. The molecule has 7 nitrogen and oxygen atoms in total. The second-order valence-electron chi connectivity index (χ2n) is 9.74. The van der Waals surface area contributed by atoms with Crippen LogP contribution in [0, 0.1) is 6.92 Å². The molecule has 1 fully saturated rings. The van der Waals surface area contributed by atoms with Crippen LogP contribution in [0.25, 0.3) is 5.57 Å². The summed E-state index contributed by atoms with van der Waals surface area (Å²) in [5, 5.41) is 3.84. The molecule has 0 atom stereocenters. The smallest absolute Gasteiger partial charge is 0.227 e. The van der Waals surface area contributed by atoms with Gasteiger partial charge in [-0.3, -0.25) is 4.99 Å². The number of halogens is 1. The van der Waals surface area contributed by atoms with E-state index in [2.05, 4.69) is 46.3 Å². The number of aromatic nitrogens is 2. The van der Waals surface area contributed by atoms with Gasteiger partial charge in [-0.25, -0.2) is 9.97 Å². The molecule has 0 radical (unpaired) electrons. The fraction of sp³-hybridized carbons (Fsp3) is 0.345. The highest BCUT2D eigenvalue weighted by molar-refractivity contribution is 6.33. The first-order valence-corrected chi connectivity index (χ1v) is 13.1. The first-order chi connectivity index (χ1) is 17.9. The van der Waals surface area contributed by atoms with Crippen LogP contribution in [0.2, 0.25) is 5.02 Å². The predicted octanol–water partition coefficient (Wildman–Crippen LogP) is 5.39. The van der Waals surface area contributed by atoms with Crippen molar-refractivity contribution in [1.29, 1.82) is 0 Å². The molecule has 1 aliphatic carbocycles. The highest BCUT2D eigenvalue weighted by Crippen LogP contribution is 2.34. The minimum atomic E-state index is 0.216. The van der Waals surface area contributed by atoms with Crippen LogP contribution in [0.15, 0.2) is 59.4 Å². The minimum absolute atomic E-state index is 0.216. The van der Waals surface area contributed by atoms with Crippen LogP contribution in [0.4, 0.5) is 11.6 Å². The summed E-state index contributed by atoms with van der Waals surface area (Å²) in [7, 11) is 3.94. The predicted molar refractivity (Wildman–Crippen MR) is 151 cm³/mol. The van der Waals surface area contributed by atoms with Gasteiger partial charge in [-0.05, 0) is 62.9 Å². The lowest BCUT2D eigenvalue weighted by molar-refractivity contribution is 0.114. The average molecular weight is 517 g/mol. The van der Waals surface area contributed by atoms with Gasteiger partial charge in [-0.2, -0.15) is 0 Å². The van der Waals surface area contributed by atoms with E-state index in [1.165, 1.54) is 0 Å². The second kappa shape index (κ2) is 10.9. The number of hydrogen-bond acceptors (Lipinski definition) is 7. The van der Waals surface area contributed by atoms with Gasteiger partial charge in [-0.1, -0.05) is 35.9 Å². The summed E-state index contributed by atoms with van der Waals surface area (Å²) in [5.74, 6) is 1.23. The number of nitrogens with two attached hydrogens (primary N) is 1. The molecular formula is C29H33ClN6O. The van der Waals surface area contributed by atoms with Gasteiger partial charge in [0, 0.05) is 49.2 Å². The topological polar surface area (TPSA) is 88.7 Å². The fourth-order valence-electron chi connectivity index (χ4n) is 4.97. The normalized spacial score (nSPS) is 17.0. The Morgan fingerprint density at radius 1 is 1.16 bits per heavy atom. The molecule has 1 aliphatic heterocycles. The number of hydrogen-bond donors (Lipinski definition) is 2. The number of nitrogens with one attached hydrogen (secondary N) is 1. The zero-order valence-corrected chi connectivity index (χ0v) is 22.3. The SMILES string of the molecule is CN=C(C1=C(N)CCc2cnc(Nc3ccc(OC4CCN(C)CC4)cc3Cl)nc21)c1ccccc1C. The molecule has 2 aliphatic rings. The molecule has 37 heavy (non-hydrogen) atoms. The zero-order chi connectivity index (χ0) is 25.9. The molecule has 2 aromatic carbocycles. The molecule has 0 bridgehead atoms. The van der Waals surface area contributed by atoms with Crippen LogP contribution in [-0.2, 0) is 6.42 Å². The van der Waals surface area contributed by atoms with Crippen LogP contribution in [-0.4, -0.2) is 53.9 Å². The van der Waals surface area contributed by atoms with E-state index >= 15 is 0 Å². The number of ether oxygens (including phenoxy) is 1. The number of benzene rings is 2. The van der Waals surface area contributed by atoms with Gasteiger partial charge < -0.3 is 20.7 Å². The summed E-state index contributed by atoms with van der Waals surface area (Å²) in [4.78, 5) is 16.4.